The van der Waals surface area contributed by atoms with Crippen LogP contribution in [0.2, 0.25) is 0 Å². The Hall–Kier alpha value is -6.41. The summed E-state index contributed by atoms with van der Waals surface area (Å²) < 4.78 is 27.8. The zero-order valence-corrected chi connectivity index (χ0v) is 31.7. The Balaban J connectivity index is 1.04. The van der Waals surface area contributed by atoms with Crippen LogP contribution in [0.25, 0.3) is 33.4 Å². The number of pyridine rings is 2. The van der Waals surface area contributed by atoms with Crippen molar-refractivity contribution >= 4 is 34.8 Å². The van der Waals surface area contributed by atoms with Crippen molar-refractivity contribution in [3.63, 3.8) is 0 Å². The number of carbonyl (C=O) groups excluding carboxylic acids is 3. The van der Waals surface area contributed by atoms with Crippen molar-refractivity contribution < 1.29 is 43.3 Å². The molecule has 0 unspecified atom stereocenters. The molecule has 0 saturated heterocycles. The monoisotopic (exact) mass is 786 g/mol. The Morgan fingerprint density at radius 3 is 2.45 bits per heavy atom. The quantitative estimate of drug-likeness (QED) is 0.138. The van der Waals surface area contributed by atoms with Crippen LogP contribution >= 0.6 is 0 Å². The van der Waals surface area contributed by atoms with Crippen molar-refractivity contribution in [3.8, 4) is 22.5 Å². The van der Waals surface area contributed by atoms with Gasteiger partial charge in [-0.25, -0.2) is 19.0 Å². The molecule has 296 valence electrons. The molecule has 3 aromatic carbocycles. The zero-order chi connectivity index (χ0) is 40.6. The fourth-order valence-corrected chi connectivity index (χ4v) is 9.29. The lowest BCUT2D eigenvalue weighted by molar-refractivity contribution is -0.172. The first-order valence-electron chi connectivity index (χ1n) is 19.3. The highest BCUT2D eigenvalue weighted by molar-refractivity contribution is 5.94. The summed E-state index contributed by atoms with van der Waals surface area (Å²) in [5.41, 5.74) is 5.21. The third kappa shape index (κ3) is 5.76. The van der Waals surface area contributed by atoms with Crippen molar-refractivity contribution in [2.45, 2.75) is 82.7 Å². The number of hydrogen-bond donors (Lipinski definition) is 4. The highest BCUT2D eigenvalue weighted by atomic mass is 19.1. The second-order valence-electron chi connectivity index (χ2n) is 15.4. The van der Waals surface area contributed by atoms with Gasteiger partial charge in [0.05, 0.1) is 35.1 Å². The molecule has 0 spiro atoms. The third-order valence-electron chi connectivity index (χ3n) is 12.3. The summed E-state index contributed by atoms with van der Waals surface area (Å²) >= 11 is 0. The van der Waals surface area contributed by atoms with Crippen LogP contribution in [0, 0.1) is 12.7 Å². The number of carboxylic acid groups (broad SMARTS) is 1. The Morgan fingerprint density at radius 2 is 1.76 bits per heavy atom. The van der Waals surface area contributed by atoms with E-state index in [4.69, 9.17) is 14.5 Å². The van der Waals surface area contributed by atoms with Gasteiger partial charge in [-0.3, -0.25) is 14.4 Å². The molecule has 4 N–H and O–H groups in total. The molecule has 2 amide bonds. The lowest BCUT2D eigenvalue weighted by Gasteiger charge is -2.31. The number of alkyl carbamates (subject to hydrolysis) is 1. The molecule has 0 radical (unpaired) electrons. The molecule has 0 fully saturated rings. The number of ether oxygens (including phenoxy) is 2. The molecule has 9 rings (SSSR count). The summed E-state index contributed by atoms with van der Waals surface area (Å²) in [5, 5.41) is 27.2. The molecule has 2 aromatic heterocycles. The molecule has 3 atom stereocenters. The van der Waals surface area contributed by atoms with Gasteiger partial charge in [0.25, 0.3) is 5.56 Å². The number of aromatic nitrogens is 2. The van der Waals surface area contributed by atoms with Crippen LogP contribution in [0.4, 0.5) is 9.18 Å². The number of hydrogen-bond acceptors (Lipinski definition) is 9. The van der Waals surface area contributed by atoms with Crippen molar-refractivity contribution in [1.82, 2.24) is 20.2 Å². The maximum atomic E-state index is 15.4. The van der Waals surface area contributed by atoms with Crippen LogP contribution in [0.3, 0.4) is 0 Å². The molecule has 0 bridgehead atoms. The van der Waals surface area contributed by atoms with E-state index in [9.17, 15) is 34.2 Å². The van der Waals surface area contributed by atoms with Gasteiger partial charge in [-0.15, -0.1) is 0 Å². The van der Waals surface area contributed by atoms with Gasteiger partial charge in [-0.2, -0.15) is 0 Å². The number of fused-ring (bicyclic) bond motifs is 8. The number of rotatable bonds is 9. The highest BCUT2D eigenvalue weighted by Gasteiger charge is 2.46. The molecular weight excluding hydrogens is 748 g/mol. The minimum Gasteiger partial charge on any atom is -0.481 e. The second kappa shape index (κ2) is 13.9. The molecule has 2 aliphatic heterocycles. The standard InChI is InChI=1S/C44H39FN4O9/c1-3-44(56)30-16-35-39-27(18-49(35)41(53)29(30)20-57-42(44)54)38-32(13-12-22-21(2)31(45)17-34(46-39)37(22)38)47-40(52)33(14-15-36(50)51)48-43(55)58-19-28-25-10-6-4-8-23(25)24-9-5-7-11-26(24)28/h4-11,16-17,28,32-33,56H,3,12-15,18-20H2,1-2H3,(H,47,52)(H,48,55)(H,50,51)/t32-,33-,44-/m0/s1. The van der Waals surface area contributed by atoms with Gasteiger partial charge in [0, 0.05) is 34.9 Å². The van der Waals surface area contributed by atoms with E-state index in [0.717, 1.165) is 22.3 Å². The number of aliphatic hydroxyl groups is 1. The van der Waals surface area contributed by atoms with E-state index in [2.05, 4.69) is 10.6 Å². The topological polar surface area (TPSA) is 186 Å². The van der Waals surface area contributed by atoms with Crippen LogP contribution in [0.5, 0.6) is 0 Å². The number of cyclic esters (lactones) is 1. The summed E-state index contributed by atoms with van der Waals surface area (Å²) in [7, 11) is 0. The molecule has 14 heteroatoms. The minimum absolute atomic E-state index is 0.0110. The lowest BCUT2D eigenvalue weighted by Crippen LogP contribution is -2.48. The summed E-state index contributed by atoms with van der Waals surface area (Å²) in [6.45, 7) is 3.00. The maximum absolute atomic E-state index is 15.4. The first-order valence-corrected chi connectivity index (χ1v) is 19.3. The minimum atomic E-state index is -2.05. The second-order valence-corrected chi connectivity index (χ2v) is 15.4. The molecule has 4 aliphatic rings. The van der Waals surface area contributed by atoms with E-state index in [1.54, 1.807) is 19.9 Å². The molecule has 2 aliphatic carbocycles. The van der Waals surface area contributed by atoms with Gasteiger partial charge in [0.15, 0.2) is 5.60 Å². The van der Waals surface area contributed by atoms with E-state index < -0.39 is 59.4 Å². The smallest absolute Gasteiger partial charge is 0.407 e. The van der Waals surface area contributed by atoms with Crippen molar-refractivity contribution in [2.75, 3.05) is 6.61 Å². The van der Waals surface area contributed by atoms with Crippen LogP contribution in [0.1, 0.15) is 89.1 Å². The van der Waals surface area contributed by atoms with Gasteiger partial charge in [0.1, 0.15) is 25.1 Å². The van der Waals surface area contributed by atoms with Crippen LogP contribution < -0.4 is 16.2 Å². The predicted octanol–water partition coefficient (Wildman–Crippen LogP) is 5.40. The summed E-state index contributed by atoms with van der Waals surface area (Å²) in [6.07, 6.45) is -0.862. The molecule has 5 aromatic rings. The molecule has 0 saturated carbocycles. The summed E-state index contributed by atoms with van der Waals surface area (Å²) in [5.74, 6) is -3.36. The number of carbonyl (C=O) groups is 4. The molecule has 13 nitrogen and oxygen atoms in total. The van der Waals surface area contributed by atoms with Gasteiger partial charge < -0.3 is 34.9 Å². The maximum Gasteiger partial charge on any atom is 0.407 e. The number of aliphatic carboxylic acids is 1. The van der Waals surface area contributed by atoms with E-state index in [1.165, 1.54) is 10.6 Å². The number of carboxylic acids is 1. The van der Waals surface area contributed by atoms with Crippen molar-refractivity contribution in [2.24, 2.45) is 0 Å². The summed E-state index contributed by atoms with van der Waals surface area (Å²) in [6, 6.07) is 16.6. The fourth-order valence-electron chi connectivity index (χ4n) is 9.29. The average Bonchev–Trinajstić information content (AvgIpc) is 3.75. The summed E-state index contributed by atoms with van der Waals surface area (Å²) in [4.78, 5) is 70.9. The van der Waals surface area contributed by atoms with Crippen LogP contribution in [-0.2, 0) is 49.0 Å². The van der Waals surface area contributed by atoms with Crippen molar-refractivity contribution in [3.05, 3.63) is 121 Å². The molecule has 4 heterocycles. The van der Waals surface area contributed by atoms with Gasteiger partial charge in [-0.05, 0) is 77.6 Å². The third-order valence-corrected chi connectivity index (χ3v) is 12.3. The molecular formula is C44H39FN4O9. The number of aryl methyl sites for hydroxylation is 1. The lowest BCUT2D eigenvalue weighted by atomic mass is 9.81. The molecule has 58 heavy (non-hydrogen) atoms. The Morgan fingerprint density at radius 1 is 1.05 bits per heavy atom. The first-order chi connectivity index (χ1) is 27.9. The van der Waals surface area contributed by atoms with Crippen LogP contribution in [-0.4, -0.2) is 56.4 Å². The number of amides is 2. The SMILES string of the molecule is CC[C@@]1(O)C(=O)OCc2c1cc1n(c2=O)Cc2c-1nc1cc(F)c(C)c3c1c2[C@@H](NC(=O)[C@H](CCC(=O)O)NC(=O)OCC1c2ccccc2-c2ccccc21)CC3. The number of nitrogens with zero attached hydrogens (tertiary/aromatic N) is 2. The number of esters is 1. The Bertz CT molecular complexity index is 2650. The van der Waals surface area contributed by atoms with E-state index in [-0.39, 0.29) is 49.6 Å². The largest absolute Gasteiger partial charge is 0.481 e. The van der Waals surface area contributed by atoms with E-state index in [0.29, 0.717) is 57.4 Å². The zero-order valence-electron chi connectivity index (χ0n) is 31.7. The van der Waals surface area contributed by atoms with E-state index in [1.807, 2.05) is 48.5 Å². The Kier molecular flexibility index (Phi) is 8.91. The first kappa shape index (κ1) is 37.2. The predicted molar refractivity (Wildman–Crippen MR) is 207 cm³/mol. The van der Waals surface area contributed by atoms with Crippen molar-refractivity contribution in [1.29, 1.82) is 0 Å². The highest BCUT2D eigenvalue weighted by Crippen LogP contribution is 2.47. The fraction of sp³-hybridized carbons (Fsp3) is 0.318. The van der Waals surface area contributed by atoms with E-state index >= 15 is 4.39 Å². The Labute approximate surface area is 330 Å². The van der Waals surface area contributed by atoms with Gasteiger partial charge in [-0.1, -0.05) is 55.5 Å². The average molecular weight is 787 g/mol. The van der Waals surface area contributed by atoms with Gasteiger partial charge >= 0.3 is 18.0 Å². The van der Waals surface area contributed by atoms with Crippen LogP contribution in [0.15, 0.2) is 65.5 Å². The number of benzene rings is 3. The van der Waals surface area contributed by atoms with Gasteiger partial charge in [0.2, 0.25) is 5.91 Å². The number of halogens is 1. The normalized spacial score (nSPS) is 19.0. The number of nitrogens with one attached hydrogen (secondary N) is 2.